The van der Waals surface area contributed by atoms with E-state index in [1.807, 2.05) is 6.92 Å². The fourth-order valence-electron chi connectivity index (χ4n) is 1.02. The number of ether oxygens (including phenoxy) is 2. The Morgan fingerprint density at radius 1 is 1.71 bits per heavy atom. The van der Waals surface area contributed by atoms with Crippen LogP contribution in [0.4, 0.5) is 0 Å². The molecule has 0 saturated carbocycles. The lowest BCUT2D eigenvalue weighted by atomic mass is 10.2. The number of hydrogen-bond acceptors (Lipinski definition) is 4. The second kappa shape index (κ2) is 5.49. The van der Waals surface area contributed by atoms with Crippen molar-refractivity contribution in [3.63, 3.8) is 0 Å². The SMILES string of the molecule is CCC(CO)NC(=O)C1=COCCO1. The first-order valence-electron chi connectivity index (χ1n) is 4.64. The molecule has 1 rings (SSSR count). The third-order valence-corrected chi connectivity index (χ3v) is 1.92. The van der Waals surface area contributed by atoms with E-state index in [0.29, 0.717) is 19.6 Å². The summed E-state index contributed by atoms with van der Waals surface area (Å²) in [4.78, 5) is 11.4. The number of carbonyl (C=O) groups excluding carboxylic acids is 1. The van der Waals surface area contributed by atoms with Crippen molar-refractivity contribution in [3.05, 3.63) is 12.0 Å². The maximum Gasteiger partial charge on any atom is 0.289 e. The average Bonchev–Trinajstić information content (AvgIpc) is 2.26. The molecule has 1 amide bonds. The fraction of sp³-hybridized carbons (Fsp3) is 0.667. The van der Waals surface area contributed by atoms with Crippen LogP contribution in [0.3, 0.4) is 0 Å². The number of hydrogen-bond donors (Lipinski definition) is 2. The van der Waals surface area contributed by atoms with E-state index < -0.39 is 0 Å². The van der Waals surface area contributed by atoms with Crippen LogP contribution < -0.4 is 5.32 Å². The predicted octanol–water partition coefficient (Wildman–Crippen LogP) is -0.238. The molecule has 1 unspecified atom stereocenters. The number of nitrogens with one attached hydrogen (secondary N) is 1. The lowest BCUT2D eigenvalue weighted by Gasteiger charge is -2.18. The maximum absolute atomic E-state index is 11.4. The average molecular weight is 201 g/mol. The highest BCUT2D eigenvalue weighted by molar-refractivity contribution is 5.91. The first kappa shape index (κ1) is 10.8. The van der Waals surface area contributed by atoms with Gasteiger partial charge in [-0.2, -0.15) is 0 Å². The van der Waals surface area contributed by atoms with Gasteiger partial charge in [-0.05, 0) is 6.42 Å². The molecule has 2 N–H and O–H groups in total. The van der Waals surface area contributed by atoms with E-state index >= 15 is 0 Å². The van der Waals surface area contributed by atoms with Crippen LogP contribution in [0.2, 0.25) is 0 Å². The maximum atomic E-state index is 11.4. The smallest absolute Gasteiger partial charge is 0.289 e. The van der Waals surface area contributed by atoms with Crippen molar-refractivity contribution in [2.45, 2.75) is 19.4 Å². The van der Waals surface area contributed by atoms with E-state index in [1.165, 1.54) is 6.26 Å². The summed E-state index contributed by atoms with van der Waals surface area (Å²) >= 11 is 0. The Kier molecular flexibility index (Phi) is 4.25. The summed E-state index contributed by atoms with van der Waals surface area (Å²) in [5.41, 5.74) is 0. The highest BCUT2D eigenvalue weighted by atomic mass is 16.6. The molecule has 80 valence electrons. The zero-order valence-corrected chi connectivity index (χ0v) is 8.16. The molecule has 5 nitrogen and oxygen atoms in total. The van der Waals surface area contributed by atoms with Crippen molar-refractivity contribution in [2.24, 2.45) is 0 Å². The molecule has 1 aliphatic heterocycles. The van der Waals surface area contributed by atoms with Crippen LogP contribution >= 0.6 is 0 Å². The fourth-order valence-corrected chi connectivity index (χ4v) is 1.02. The largest absolute Gasteiger partial charge is 0.494 e. The second-order valence-corrected chi connectivity index (χ2v) is 2.96. The van der Waals surface area contributed by atoms with E-state index in [1.54, 1.807) is 0 Å². The van der Waals surface area contributed by atoms with Gasteiger partial charge in [-0.15, -0.1) is 0 Å². The van der Waals surface area contributed by atoms with Gasteiger partial charge >= 0.3 is 0 Å². The number of carbonyl (C=O) groups is 1. The molecular weight excluding hydrogens is 186 g/mol. The Balaban J connectivity index is 2.44. The monoisotopic (exact) mass is 201 g/mol. The van der Waals surface area contributed by atoms with Gasteiger partial charge in [0.15, 0.2) is 0 Å². The lowest BCUT2D eigenvalue weighted by Crippen LogP contribution is -2.38. The van der Waals surface area contributed by atoms with Crippen LogP contribution in [0, 0.1) is 0 Å². The molecule has 14 heavy (non-hydrogen) atoms. The summed E-state index contributed by atoms with van der Waals surface area (Å²) in [7, 11) is 0. The number of amides is 1. The first-order valence-corrected chi connectivity index (χ1v) is 4.64. The summed E-state index contributed by atoms with van der Waals surface area (Å²) in [5.74, 6) is -0.172. The van der Waals surface area contributed by atoms with Crippen molar-refractivity contribution in [3.8, 4) is 0 Å². The van der Waals surface area contributed by atoms with Gasteiger partial charge in [0.2, 0.25) is 5.76 Å². The summed E-state index contributed by atoms with van der Waals surface area (Å²) in [6.45, 7) is 2.66. The standard InChI is InChI=1S/C9H15NO4/c1-2-7(5-11)10-9(12)8-6-13-3-4-14-8/h6-7,11H,2-5H2,1H3,(H,10,12). The van der Waals surface area contributed by atoms with Gasteiger partial charge in [0.1, 0.15) is 19.5 Å². The molecule has 1 heterocycles. The van der Waals surface area contributed by atoms with Gasteiger partial charge in [0.05, 0.1) is 12.6 Å². The first-order chi connectivity index (χ1) is 6.77. The van der Waals surface area contributed by atoms with Crippen molar-refractivity contribution < 1.29 is 19.4 Å². The minimum atomic E-state index is -0.342. The third-order valence-electron chi connectivity index (χ3n) is 1.92. The van der Waals surface area contributed by atoms with Gasteiger partial charge in [0, 0.05) is 0 Å². The highest BCUT2D eigenvalue weighted by Crippen LogP contribution is 2.04. The molecule has 0 fully saturated rings. The van der Waals surface area contributed by atoms with Crippen LogP contribution in [0.1, 0.15) is 13.3 Å². The molecule has 1 aliphatic rings. The number of rotatable bonds is 4. The van der Waals surface area contributed by atoms with Crippen molar-refractivity contribution in [1.82, 2.24) is 5.32 Å². The van der Waals surface area contributed by atoms with E-state index in [0.717, 1.165) is 0 Å². The summed E-state index contributed by atoms with van der Waals surface area (Å²) in [5, 5.41) is 11.5. The Morgan fingerprint density at radius 2 is 2.50 bits per heavy atom. The highest BCUT2D eigenvalue weighted by Gasteiger charge is 2.17. The Labute approximate surface area is 82.7 Å². The molecule has 0 bridgehead atoms. The van der Waals surface area contributed by atoms with Crippen molar-refractivity contribution in [2.75, 3.05) is 19.8 Å². The molecule has 0 saturated heterocycles. The Morgan fingerprint density at radius 3 is 3.00 bits per heavy atom. The van der Waals surface area contributed by atoms with Crippen LogP contribution in [-0.4, -0.2) is 36.9 Å². The molecule has 0 aromatic rings. The van der Waals surface area contributed by atoms with Crippen LogP contribution in [0.15, 0.2) is 12.0 Å². The van der Waals surface area contributed by atoms with Crippen molar-refractivity contribution >= 4 is 5.91 Å². The molecule has 0 radical (unpaired) electrons. The molecular formula is C9H15NO4. The van der Waals surface area contributed by atoms with E-state index in [2.05, 4.69) is 5.32 Å². The minimum Gasteiger partial charge on any atom is -0.494 e. The van der Waals surface area contributed by atoms with Crippen LogP contribution in [0.5, 0.6) is 0 Å². The molecule has 0 aromatic carbocycles. The molecule has 0 aliphatic carbocycles. The van der Waals surface area contributed by atoms with Crippen molar-refractivity contribution in [1.29, 1.82) is 0 Å². The number of aliphatic hydroxyl groups excluding tert-OH is 1. The van der Waals surface area contributed by atoms with Gasteiger partial charge in [-0.3, -0.25) is 4.79 Å². The zero-order valence-electron chi connectivity index (χ0n) is 8.16. The van der Waals surface area contributed by atoms with E-state index in [-0.39, 0.29) is 24.3 Å². The number of aliphatic hydroxyl groups is 1. The molecule has 0 aromatic heterocycles. The van der Waals surface area contributed by atoms with E-state index in [9.17, 15) is 4.79 Å². The molecule has 1 atom stereocenters. The summed E-state index contributed by atoms with van der Waals surface area (Å²) in [6, 6.07) is -0.228. The Hall–Kier alpha value is -1.23. The van der Waals surface area contributed by atoms with Gasteiger partial charge in [-0.1, -0.05) is 6.92 Å². The van der Waals surface area contributed by atoms with Gasteiger partial charge < -0.3 is 19.9 Å². The summed E-state index contributed by atoms with van der Waals surface area (Å²) < 4.78 is 10.0. The van der Waals surface area contributed by atoms with Crippen LogP contribution in [0.25, 0.3) is 0 Å². The predicted molar refractivity (Wildman–Crippen MR) is 49.3 cm³/mol. The third kappa shape index (κ3) is 2.92. The van der Waals surface area contributed by atoms with Gasteiger partial charge in [0.25, 0.3) is 5.91 Å². The van der Waals surface area contributed by atoms with Crippen LogP contribution in [-0.2, 0) is 14.3 Å². The zero-order chi connectivity index (χ0) is 10.4. The quantitative estimate of drug-likeness (QED) is 0.659. The molecule has 5 heteroatoms. The minimum absolute atomic E-state index is 0.0730. The Bertz CT molecular complexity index is 223. The van der Waals surface area contributed by atoms with Gasteiger partial charge in [-0.25, -0.2) is 0 Å². The second-order valence-electron chi connectivity index (χ2n) is 2.96. The molecule has 0 spiro atoms. The normalized spacial score (nSPS) is 17.4. The summed E-state index contributed by atoms with van der Waals surface area (Å²) in [6.07, 6.45) is 1.97. The lowest BCUT2D eigenvalue weighted by molar-refractivity contribution is -0.123. The van der Waals surface area contributed by atoms with E-state index in [4.69, 9.17) is 14.6 Å². The topological polar surface area (TPSA) is 67.8 Å².